The average molecular weight is 217 g/mol. The first-order chi connectivity index (χ1) is 6.68. The molecule has 0 unspecified atom stereocenters. The van der Waals surface area contributed by atoms with E-state index in [1.807, 2.05) is 11.8 Å². The van der Waals surface area contributed by atoms with Gasteiger partial charge in [-0.25, -0.2) is 0 Å². The first kappa shape index (κ1) is 13.5. The minimum atomic E-state index is -1.55. The molecule has 4 heteroatoms. The zero-order valence-electron chi connectivity index (χ0n) is 8.58. The van der Waals surface area contributed by atoms with Crippen LogP contribution in [0.4, 0.5) is 0 Å². The van der Waals surface area contributed by atoms with Crippen molar-refractivity contribution in [1.82, 2.24) is 0 Å². The second-order valence-corrected chi connectivity index (χ2v) is 4.21. The predicted molar refractivity (Wildman–Crippen MR) is 56.1 cm³/mol. The number of carboxylic acids is 1. The fourth-order valence-electron chi connectivity index (χ4n) is 1.16. The normalized spacial score (nSPS) is 10.1. The summed E-state index contributed by atoms with van der Waals surface area (Å²) in [6, 6.07) is 0. The Bertz CT molecular complexity index is 180. The van der Waals surface area contributed by atoms with Gasteiger partial charge in [-0.15, -0.1) is 0 Å². The smallest absolute Gasteiger partial charge is 0.178 e. The Morgan fingerprint density at radius 3 is 2.21 bits per heavy atom. The standard InChI is InChI=1S/C10H18O3S/c1-14-8-6-4-2-3-5-7-9(11)10(12)13/h2-8H2,1H3,(H,12,13)/p-1. The van der Waals surface area contributed by atoms with Gasteiger partial charge in [0.05, 0.1) is 0 Å². The van der Waals surface area contributed by atoms with E-state index in [4.69, 9.17) is 0 Å². The van der Waals surface area contributed by atoms with Crippen LogP contribution >= 0.6 is 11.8 Å². The number of rotatable bonds is 9. The van der Waals surface area contributed by atoms with Gasteiger partial charge in [-0.1, -0.05) is 19.3 Å². The number of aliphatic carboxylic acids is 1. The summed E-state index contributed by atoms with van der Waals surface area (Å²) >= 11 is 1.83. The molecule has 0 aromatic rings. The minimum absolute atomic E-state index is 0.130. The third kappa shape index (κ3) is 8.10. The second kappa shape index (κ2) is 9.06. The summed E-state index contributed by atoms with van der Waals surface area (Å²) in [4.78, 5) is 20.7. The minimum Gasteiger partial charge on any atom is -0.542 e. The summed E-state index contributed by atoms with van der Waals surface area (Å²) in [6.45, 7) is 0. The Morgan fingerprint density at radius 1 is 1.07 bits per heavy atom. The number of carbonyl (C=O) groups is 2. The lowest BCUT2D eigenvalue weighted by Crippen LogP contribution is -2.31. The van der Waals surface area contributed by atoms with Crippen LogP contribution in [0.25, 0.3) is 0 Å². The molecule has 0 fully saturated rings. The molecule has 0 N–H and O–H groups in total. The molecule has 0 saturated carbocycles. The fraction of sp³-hybridized carbons (Fsp3) is 0.800. The lowest BCUT2D eigenvalue weighted by molar-refractivity contribution is -0.300. The Balaban J connectivity index is 3.13. The molecule has 14 heavy (non-hydrogen) atoms. The topological polar surface area (TPSA) is 57.2 Å². The maximum Gasteiger partial charge on any atom is 0.178 e. The molecule has 0 aliphatic heterocycles. The van der Waals surface area contributed by atoms with Gasteiger partial charge in [0, 0.05) is 6.42 Å². The Hall–Kier alpha value is -0.510. The van der Waals surface area contributed by atoms with Crippen molar-refractivity contribution in [2.75, 3.05) is 12.0 Å². The van der Waals surface area contributed by atoms with Gasteiger partial charge in [-0.3, -0.25) is 4.79 Å². The zero-order valence-corrected chi connectivity index (χ0v) is 9.40. The van der Waals surface area contributed by atoms with Crippen molar-refractivity contribution in [3.63, 3.8) is 0 Å². The van der Waals surface area contributed by atoms with Gasteiger partial charge in [0.25, 0.3) is 0 Å². The summed E-state index contributed by atoms with van der Waals surface area (Å²) in [5.41, 5.74) is 0. The van der Waals surface area contributed by atoms with Gasteiger partial charge in [0.1, 0.15) is 5.97 Å². The number of unbranched alkanes of at least 4 members (excludes halogenated alkanes) is 4. The quantitative estimate of drug-likeness (QED) is 0.427. The van der Waals surface area contributed by atoms with Crippen molar-refractivity contribution in [1.29, 1.82) is 0 Å². The summed E-state index contributed by atoms with van der Waals surface area (Å²) in [5, 5.41) is 10.0. The van der Waals surface area contributed by atoms with Crippen molar-refractivity contribution in [3.05, 3.63) is 0 Å². The summed E-state index contributed by atoms with van der Waals surface area (Å²) in [7, 11) is 0. The highest BCUT2D eigenvalue weighted by atomic mass is 32.2. The Morgan fingerprint density at radius 2 is 1.64 bits per heavy atom. The molecule has 3 nitrogen and oxygen atoms in total. The summed E-state index contributed by atoms with van der Waals surface area (Å²) in [5.74, 6) is -1.14. The first-order valence-corrected chi connectivity index (χ1v) is 6.31. The number of Topliss-reactive ketones (excluding diaryl/α,β-unsaturated/α-hetero) is 1. The van der Waals surface area contributed by atoms with Crippen LogP contribution in [0.2, 0.25) is 0 Å². The van der Waals surface area contributed by atoms with Crippen LogP contribution in [0.3, 0.4) is 0 Å². The van der Waals surface area contributed by atoms with Crippen LogP contribution < -0.4 is 5.11 Å². The van der Waals surface area contributed by atoms with E-state index >= 15 is 0 Å². The highest BCUT2D eigenvalue weighted by Gasteiger charge is 2.01. The third-order valence-electron chi connectivity index (χ3n) is 1.98. The Kier molecular flexibility index (Phi) is 8.73. The molecule has 0 aromatic carbocycles. The largest absolute Gasteiger partial charge is 0.542 e. The number of carbonyl (C=O) groups excluding carboxylic acids is 2. The molecule has 82 valence electrons. The number of hydrogen-bond acceptors (Lipinski definition) is 4. The molecule has 0 bridgehead atoms. The summed E-state index contributed by atoms with van der Waals surface area (Å²) in [6.07, 6.45) is 7.28. The Labute approximate surface area is 89.3 Å². The van der Waals surface area contributed by atoms with Crippen LogP contribution in [-0.2, 0) is 9.59 Å². The number of ketones is 1. The fourth-order valence-corrected chi connectivity index (χ4v) is 1.66. The number of thioether (sulfide) groups is 1. The van der Waals surface area contributed by atoms with Gasteiger partial charge >= 0.3 is 0 Å². The SMILES string of the molecule is CSCCCCCCCC(=O)C(=O)[O-]. The van der Waals surface area contributed by atoms with E-state index in [0.717, 1.165) is 12.8 Å². The molecule has 0 amide bonds. The number of carboxylic acid groups (broad SMARTS) is 1. The van der Waals surface area contributed by atoms with E-state index in [1.54, 1.807) is 0 Å². The van der Waals surface area contributed by atoms with E-state index in [-0.39, 0.29) is 6.42 Å². The monoisotopic (exact) mass is 217 g/mol. The molecule has 0 spiro atoms. The van der Waals surface area contributed by atoms with Crippen molar-refractivity contribution in [2.24, 2.45) is 0 Å². The van der Waals surface area contributed by atoms with E-state index in [9.17, 15) is 14.7 Å². The molecule has 0 rings (SSSR count). The van der Waals surface area contributed by atoms with Crippen LogP contribution in [0.1, 0.15) is 38.5 Å². The van der Waals surface area contributed by atoms with E-state index in [2.05, 4.69) is 6.26 Å². The number of hydrogen-bond donors (Lipinski definition) is 0. The van der Waals surface area contributed by atoms with Crippen LogP contribution in [0, 0.1) is 0 Å². The van der Waals surface area contributed by atoms with Crippen molar-refractivity contribution in [3.8, 4) is 0 Å². The van der Waals surface area contributed by atoms with E-state index in [0.29, 0.717) is 6.42 Å². The first-order valence-electron chi connectivity index (χ1n) is 4.91. The van der Waals surface area contributed by atoms with Crippen molar-refractivity contribution >= 4 is 23.5 Å². The average Bonchev–Trinajstić information content (AvgIpc) is 2.16. The lowest BCUT2D eigenvalue weighted by Gasteiger charge is -2.01. The van der Waals surface area contributed by atoms with Gasteiger partial charge in [0.15, 0.2) is 5.78 Å². The molecule has 0 atom stereocenters. The molecule has 0 heterocycles. The van der Waals surface area contributed by atoms with Gasteiger partial charge in [-0.2, -0.15) is 11.8 Å². The molecule has 0 aliphatic carbocycles. The van der Waals surface area contributed by atoms with E-state index in [1.165, 1.54) is 18.6 Å². The van der Waals surface area contributed by atoms with Crippen LogP contribution in [0.15, 0.2) is 0 Å². The molecule has 0 aromatic heterocycles. The zero-order chi connectivity index (χ0) is 10.8. The van der Waals surface area contributed by atoms with Gasteiger partial charge in [-0.05, 0) is 24.9 Å². The predicted octanol–water partition coefficient (Wildman–Crippen LogP) is 1.01. The van der Waals surface area contributed by atoms with E-state index < -0.39 is 11.8 Å². The molecule has 0 saturated heterocycles. The van der Waals surface area contributed by atoms with Crippen LogP contribution in [0.5, 0.6) is 0 Å². The van der Waals surface area contributed by atoms with Gasteiger partial charge in [0.2, 0.25) is 0 Å². The maximum absolute atomic E-state index is 10.6. The van der Waals surface area contributed by atoms with Crippen molar-refractivity contribution < 1.29 is 14.7 Å². The summed E-state index contributed by atoms with van der Waals surface area (Å²) < 4.78 is 0. The second-order valence-electron chi connectivity index (χ2n) is 3.22. The molecule has 0 aliphatic rings. The maximum atomic E-state index is 10.6. The highest BCUT2D eigenvalue weighted by molar-refractivity contribution is 7.98. The van der Waals surface area contributed by atoms with Gasteiger partial charge < -0.3 is 9.90 Å². The van der Waals surface area contributed by atoms with Crippen LogP contribution in [-0.4, -0.2) is 23.8 Å². The molecular formula is C10H17O3S-. The lowest BCUT2D eigenvalue weighted by atomic mass is 10.1. The van der Waals surface area contributed by atoms with Crippen molar-refractivity contribution in [2.45, 2.75) is 38.5 Å². The molecule has 0 radical (unpaired) electrons. The molecular weight excluding hydrogens is 200 g/mol. The third-order valence-corrected chi connectivity index (χ3v) is 2.68. The highest BCUT2D eigenvalue weighted by Crippen LogP contribution is 2.07.